The van der Waals surface area contributed by atoms with E-state index in [4.69, 9.17) is 18.0 Å². The minimum absolute atomic E-state index is 0.318. The molecule has 0 amide bonds. The number of hydrogen-bond acceptors (Lipinski definition) is 6. The Morgan fingerprint density at radius 3 is 2.38 bits per heavy atom. The van der Waals surface area contributed by atoms with Crippen LogP contribution >= 0.6 is 23.6 Å². The summed E-state index contributed by atoms with van der Waals surface area (Å²) in [6, 6.07) is 27.3. The number of fused-ring (bicyclic) bond motifs is 1. The molecule has 5 aromatic rings. The molecule has 0 fully saturated rings. The number of anilines is 3. The summed E-state index contributed by atoms with van der Waals surface area (Å²) in [6.45, 7) is 3.86. The van der Waals surface area contributed by atoms with Crippen molar-refractivity contribution in [2.45, 2.75) is 19.9 Å². The van der Waals surface area contributed by atoms with E-state index in [1.165, 1.54) is 20.5 Å². The highest BCUT2D eigenvalue weighted by Gasteiger charge is 2.17. The Morgan fingerprint density at radius 1 is 0.875 bits per heavy atom. The van der Waals surface area contributed by atoms with Gasteiger partial charge in [-0.2, -0.15) is 10.2 Å². The van der Waals surface area contributed by atoms with Gasteiger partial charge in [0.2, 0.25) is 0 Å². The van der Waals surface area contributed by atoms with Crippen molar-refractivity contribution in [2.24, 2.45) is 5.73 Å². The topological polar surface area (TPSA) is 61.5 Å². The Labute approximate surface area is 245 Å². The van der Waals surface area contributed by atoms with Crippen LogP contribution in [0, 0.1) is 6.92 Å². The lowest BCUT2D eigenvalue weighted by Crippen LogP contribution is -2.31. The zero-order chi connectivity index (χ0) is 28.2. The average molecular weight is 567 g/mol. The van der Waals surface area contributed by atoms with Gasteiger partial charge in [0.25, 0.3) is 0 Å². The normalized spacial score (nSPS) is 11.2. The number of nitrogens with zero attached hydrogens (tertiary/aromatic N) is 5. The second kappa shape index (κ2) is 12.1. The summed E-state index contributed by atoms with van der Waals surface area (Å²) in [6.07, 6.45) is 2.72. The van der Waals surface area contributed by atoms with Crippen molar-refractivity contribution in [1.82, 2.24) is 15.1 Å². The number of thiophene rings is 1. The van der Waals surface area contributed by atoms with E-state index in [0.717, 1.165) is 53.4 Å². The first-order chi connectivity index (χ1) is 19.3. The SMILES string of the molecule is Cc1sc2ccc(N(C(N)=S)c3cccc(-c4ccccc4)c3)cc2c1CCN(C)Cc1cc(N(C)C)cnn1. The summed E-state index contributed by atoms with van der Waals surface area (Å²) in [5.41, 5.74) is 13.9. The van der Waals surface area contributed by atoms with Gasteiger partial charge in [0.15, 0.2) is 5.11 Å². The maximum absolute atomic E-state index is 6.32. The summed E-state index contributed by atoms with van der Waals surface area (Å²) in [5, 5.41) is 10.1. The molecule has 40 heavy (non-hydrogen) atoms. The largest absolute Gasteiger partial charge is 0.376 e. The Kier molecular flexibility index (Phi) is 8.40. The predicted molar refractivity (Wildman–Crippen MR) is 174 cm³/mol. The van der Waals surface area contributed by atoms with E-state index in [0.29, 0.717) is 5.11 Å². The number of hydrogen-bond donors (Lipinski definition) is 1. The average Bonchev–Trinajstić information content (AvgIpc) is 3.26. The molecule has 8 heteroatoms. The van der Waals surface area contributed by atoms with Gasteiger partial charge in [0.05, 0.1) is 17.6 Å². The molecule has 0 aliphatic carbocycles. The maximum atomic E-state index is 6.32. The van der Waals surface area contributed by atoms with Crippen LogP contribution in [0.1, 0.15) is 16.1 Å². The molecule has 3 aromatic carbocycles. The molecule has 0 bridgehead atoms. The zero-order valence-electron chi connectivity index (χ0n) is 23.3. The third-order valence-electron chi connectivity index (χ3n) is 7.05. The molecule has 2 N–H and O–H groups in total. The Balaban J connectivity index is 1.40. The van der Waals surface area contributed by atoms with E-state index in [9.17, 15) is 0 Å². The van der Waals surface area contributed by atoms with Gasteiger partial charge in [0, 0.05) is 48.1 Å². The lowest BCUT2D eigenvalue weighted by Gasteiger charge is -2.24. The van der Waals surface area contributed by atoms with Crippen molar-refractivity contribution in [3.8, 4) is 11.1 Å². The van der Waals surface area contributed by atoms with Crippen LogP contribution < -0.4 is 15.5 Å². The van der Waals surface area contributed by atoms with Crippen LogP contribution in [0.3, 0.4) is 0 Å². The number of aromatic nitrogens is 2. The van der Waals surface area contributed by atoms with Crippen molar-refractivity contribution in [3.63, 3.8) is 0 Å². The Morgan fingerprint density at radius 2 is 1.62 bits per heavy atom. The summed E-state index contributed by atoms with van der Waals surface area (Å²) < 4.78 is 1.27. The van der Waals surface area contributed by atoms with Crippen LogP contribution in [0.4, 0.5) is 17.1 Å². The molecule has 0 radical (unpaired) electrons. The molecule has 0 atom stereocenters. The van der Waals surface area contributed by atoms with Crippen LogP contribution in [-0.4, -0.2) is 47.9 Å². The monoisotopic (exact) mass is 566 g/mol. The summed E-state index contributed by atoms with van der Waals surface area (Å²) in [7, 11) is 6.16. The fourth-order valence-corrected chi connectivity index (χ4v) is 6.25. The van der Waals surface area contributed by atoms with Gasteiger partial charge < -0.3 is 15.5 Å². The van der Waals surface area contributed by atoms with Gasteiger partial charge in [-0.05, 0) is 91.1 Å². The Hall–Kier alpha value is -3.85. The van der Waals surface area contributed by atoms with E-state index >= 15 is 0 Å². The third kappa shape index (κ3) is 6.14. The highest BCUT2D eigenvalue weighted by molar-refractivity contribution is 7.80. The van der Waals surface area contributed by atoms with Crippen LogP contribution in [0.15, 0.2) is 85.1 Å². The maximum Gasteiger partial charge on any atom is 0.175 e. The second-order valence-electron chi connectivity index (χ2n) is 10.2. The van der Waals surface area contributed by atoms with Crippen molar-refractivity contribution < 1.29 is 0 Å². The highest BCUT2D eigenvalue weighted by atomic mass is 32.1. The van der Waals surface area contributed by atoms with Gasteiger partial charge in [-0.25, -0.2) is 0 Å². The van der Waals surface area contributed by atoms with E-state index in [2.05, 4.69) is 89.7 Å². The van der Waals surface area contributed by atoms with E-state index in [-0.39, 0.29) is 0 Å². The molecule has 0 aliphatic rings. The summed E-state index contributed by atoms with van der Waals surface area (Å²) in [5.74, 6) is 0. The number of likely N-dealkylation sites (N-methyl/N-ethyl adjacent to an activating group) is 1. The fourth-order valence-electron chi connectivity index (χ4n) is 4.95. The highest BCUT2D eigenvalue weighted by Crippen LogP contribution is 2.37. The van der Waals surface area contributed by atoms with Gasteiger partial charge in [0.1, 0.15) is 0 Å². The molecule has 5 rings (SSSR count). The lowest BCUT2D eigenvalue weighted by molar-refractivity contribution is 0.326. The predicted octanol–water partition coefficient (Wildman–Crippen LogP) is 6.79. The molecule has 6 nitrogen and oxygen atoms in total. The number of benzene rings is 3. The lowest BCUT2D eigenvalue weighted by atomic mass is 10.0. The Bertz CT molecular complexity index is 1630. The molecule has 0 saturated carbocycles. The first-order valence-electron chi connectivity index (χ1n) is 13.2. The van der Waals surface area contributed by atoms with E-state index in [1.54, 1.807) is 6.20 Å². The summed E-state index contributed by atoms with van der Waals surface area (Å²) in [4.78, 5) is 7.64. The first-order valence-corrected chi connectivity index (χ1v) is 14.5. The molecule has 0 unspecified atom stereocenters. The van der Waals surface area contributed by atoms with Crippen molar-refractivity contribution in [1.29, 1.82) is 0 Å². The zero-order valence-corrected chi connectivity index (χ0v) is 25.0. The summed E-state index contributed by atoms with van der Waals surface area (Å²) >= 11 is 7.40. The van der Waals surface area contributed by atoms with Crippen molar-refractivity contribution in [3.05, 3.63) is 101 Å². The fraction of sp³-hybridized carbons (Fsp3) is 0.219. The molecular formula is C32H34N6S2. The third-order valence-corrected chi connectivity index (χ3v) is 8.36. The number of thiocarbonyl (C=S) groups is 1. The van der Waals surface area contributed by atoms with Crippen molar-refractivity contribution in [2.75, 3.05) is 37.5 Å². The molecule has 0 spiro atoms. The minimum atomic E-state index is 0.318. The second-order valence-corrected chi connectivity index (χ2v) is 11.9. The van der Waals surface area contributed by atoms with Gasteiger partial charge in [-0.1, -0.05) is 42.5 Å². The van der Waals surface area contributed by atoms with Crippen LogP contribution in [0.2, 0.25) is 0 Å². The first kappa shape index (κ1) is 27.7. The standard InChI is InChI=1S/C32H34N6S2/c1-22-29(15-16-37(4)21-25-18-28(36(2)3)20-34-35-25)30-19-27(13-14-31(30)40-22)38(32(33)39)26-12-8-11-24(17-26)23-9-6-5-7-10-23/h5-14,17-20H,15-16,21H2,1-4H3,(H2,33,39). The minimum Gasteiger partial charge on any atom is -0.376 e. The molecule has 2 heterocycles. The van der Waals surface area contributed by atoms with Gasteiger partial charge >= 0.3 is 0 Å². The van der Waals surface area contributed by atoms with Crippen molar-refractivity contribution >= 4 is 55.8 Å². The molecule has 2 aromatic heterocycles. The van der Waals surface area contributed by atoms with Gasteiger partial charge in [-0.15, -0.1) is 11.3 Å². The van der Waals surface area contributed by atoms with Crippen LogP contribution in [0.25, 0.3) is 21.2 Å². The molecule has 0 saturated heterocycles. The molecule has 204 valence electrons. The number of rotatable bonds is 9. The quantitative estimate of drug-likeness (QED) is 0.197. The number of aryl methyl sites for hydroxylation is 1. The van der Waals surface area contributed by atoms with E-state index in [1.807, 2.05) is 53.4 Å². The molecule has 0 aliphatic heterocycles. The number of nitrogens with two attached hydrogens (primary N) is 1. The van der Waals surface area contributed by atoms with E-state index < -0.39 is 0 Å². The van der Waals surface area contributed by atoms with Gasteiger partial charge in [-0.3, -0.25) is 4.90 Å². The van der Waals surface area contributed by atoms with Crippen LogP contribution in [-0.2, 0) is 13.0 Å². The smallest absolute Gasteiger partial charge is 0.175 e. The molecular weight excluding hydrogens is 533 g/mol. The van der Waals surface area contributed by atoms with Crippen LogP contribution in [0.5, 0.6) is 0 Å².